The first-order chi connectivity index (χ1) is 14.5. The van der Waals surface area contributed by atoms with Crippen LogP contribution in [-0.2, 0) is 11.3 Å². The third-order valence-electron chi connectivity index (χ3n) is 4.54. The van der Waals surface area contributed by atoms with Gasteiger partial charge in [0, 0.05) is 35.0 Å². The zero-order valence-corrected chi connectivity index (χ0v) is 17.3. The van der Waals surface area contributed by atoms with Crippen LogP contribution in [0.5, 0.6) is 0 Å². The Bertz CT molecular complexity index is 1260. The molecule has 1 N–H and O–H groups in total. The van der Waals surface area contributed by atoms with Crippen LogP contribution in [0.2, 0.25) is 0 Å². The number of nitrogens with one attached hydrogen (secondary N) is 1. The smallest absolute Gasteiger partial charge is 0.267 e. The van der Waals surface area contributed by atoms with Crippen LogP contribution in [0.4, 0.5) is 5.13 Å². The van der Waals surface area contributed by atoms with E-state index in [2.05, 4.69) is 20.4 Å². The van der Waals surface area contributed by atoms with Gasteiger partial charge in [0.25, 0.3) is 5.56 Å². The van der Waals surface area contributed by atoms with Gasteiger partial charge < -0.3 is 5.32 Å². The highest BCUT2D eigenvalue weighted by molar-refractivity contribution is 7.14. The number of pyridine rings is 1. The van der Waals surface area contributed by atoms with Crippen molar-refractivity contribution in [3.8, 4) is 22.5 Å². The molecule has 1 aromatic carbocycles. The lowest BCUT2D eigenvalue weighted by atomic mass is 10.0. The number of nitrogens with zero attached hydrogens (tertiary/aromatic N) is 4. The van der Waals surface area contributed by atoms with Crippen LogP contribution in [-0.4, -0.2) is 25.7 Å². The van der Waals surface area contributed by atoms with Gasteiger partial charge in [0.05, 0.1) is 11.4 Å². The van der Waals surface area contributed by atoms with Gasteiger partial charge >= 0.3 is 0 Å². The maximum absolute atomic E-state index is 12.5. The van der Waals surface area contributed by atoms with E-state index in [-0.39, 0.29) is 18.0 Å². The quantitative estimate of drug-likeness (QED) is 0.535. The largest absolute Gasteiger partial charge is 0.300 e. The Hall–Kier alpha value is -3.65. The predicted molar refractivity (Wildman–Crippen MR) is 117 cm³/mol. The summed E-state index contributed by atoms with van der Waals surface area (Å²) in [5, 5.41) is 9.43. The first kappa shape index (κ1) is 19.7. The molecule has 3 aromatic heterocycles. The lowest BCUT2D eigenvalue weighted by Crippen LogP contribution is -2.29. The van der Waals surface area contributed by atoms with Crippen molar-refractivity contribution in [2.24, 2.45) is 0 Å². The van der Waals surface area contributed by atoms with E-state index in [1.54, 1.807) is 18.5 Å². The molecule has 4 rings (SSSR count). The van der Waals surface area contributed by atoms with Gasteiger partial charge in [-0.05, 0) is 43.7 Å². The molecule has 0 unspecified atom stereocenters. The van der Waals surface area contributed by atoms with Gasteiger partial charge in [-0.25, -0.2) is 9.67 Å². The number of hydrogen-bond donors (Lipinski definition) is 1. The van der Waals surface area contributed by atoms with E-state index in [1.807, 2.05) is 49.6 Å². The van der Waals surface area contributed by atoms with Crippen LogP contribution in [0, 0.1) is 13.8 Å². The molecule has 1 amide bonds. The summed E-state index contributed by atoms with van der Waals surface area (Å²) in [6.07, 6.45) is 3.40. The Kier molecular flexibility index (Phi) is 5.49. The molecule has 3 heterocycles. The van der Waals surface area contributed by atoms with Crippen LogP contribution in [0.15, 0.2) is 65.0 Å². The van der Waals surface area contributed by atoms with Crippen LogP contribution >= 0.6 is 11.3 Å². The molecule has 0 atom stereocenters. The summed E-state index contributed by atoms with van der Waals surface area (Å²) in [6.45, 7) is 3.79. The molecule has 8 heteroatoms. The molecular formula is C22H19N5O2S. The lowest BCUT2D eigenvalue weighted by Gasteiger charge is -2.09. The van der Waals surface area contributed by atoms with Gasteiger partial charge in [-0.1, -0.05) is 17.7 Å². The number of carbonyl (C=O) groups is 1. The van der Waals surface area contributed by atoms with Crippen LogP contribution in [0.3, 0.4) is 0 Å². The summed E-state index contributed by atoms with van der Waals surface area (Å²) in [5.74, 6) is -0.366. The molecular weight excluding hydrogens is 398 g/mol. The summed E-state index contributed by atoms with van der Waals surface area (Å²) in [7, 11) is 0. The number of aryl methyl sites for hydroxylation is 2. The molecule has 0 saturated heterocycles. The molecule has 0 aliphatic rings. The average molecular weight is 417 g/mol. The Morgan fingerprint density at radius 3 is 2.80 bits per heavy atom. The Balaban J connectivity index is 1.52. The Labute approximate surface area is 177 Å². The molecule has 0 bridgehead atoms. The fraction of sp³-hybridized carbons (Fsp3) is 0.136. The third-order valence-corrected chi connectivity index (χ3v) is 5.29. The van der Waals surface area contributed by atoms with Crippen LogP contribution in [0.1, 0.15) is 11.1 Å². The zero-order valence-electron chi connectivity index (χ0n) is 16.5. The van der Waals surface area contributed by atoms with Crippen LogP contribution < -0.4 is 10.9 Å². The summed E-state index contributed by atoms with van der Waals surface area (Å²) in [6, 6.07) is 12.9. The molecule has 7 nitrogen and oxygen atoms in total. The number of hydrogen-bond acceptors (Lipinski definition) is 6. The van der Waals surface area contributed by atoms with Crippen LogP contribution in [0.25, 0.3) is 22.5 Å². The molecule has 4 aromatic rings. The fourth-order valence-corrected chi connectivity index (χ4v) is 3.73. The van der Waals surface area contributed by atoms with E-state index >= 15 is 0 Å². The maximum atomic E-state index is 12.5. The molecule has 30 heavy (non-hydrogen) atoms. The van der Waals surface area contributed by atoms with E-state index in [0.29, 0.717) is 10.8 Å². The molecule has 0 aliphatic carbocycles. The first-order valence-corrected chi connectivity index (χ1v) is 10.2. The van der Waals surface area contributed by atoms with E-state index in [1.165, 1.54) is 22.1 Å². The number of aromatic nitrogens is 4. The molecule has 0 saturated carbocycles. The van der Waals surface area contributed by atoms with Crippen molar-refractivity contribution >= 4 is 22.4 Å². The summed E-state index contributed by atoms with van der Waals surface area (Å²) < 4.78 is 1.17. The summed E-state index contributed by atoms with van der Waals surface area (Å²) in [5.41, 5.74) is 5.00. The van der Waals surface area contributed by atoms with Crippen molar-refractivity contribution < 1.29 is 4.79 Å². The van der Waals surface area contributed by atoms with E-state index in [4.69, 9.17) is 0 Å². The number of thiazole rings is 1. The van der Waals surface area contributed by atoms with E-state index in [0.717, 1.165) is 27.9 Å². The minimum absolute atomic E-state index is 0.195. The normalized spacial score (nSPS) is 10.7. The van der Waals surface area contributed by atoms with Crippen molar-refractivity contribution in [2.45, 2.75) is 20.4 Å². The third kappa shape index (κ3) is 4.33. The molecule has 0 radical (unpaired) electrons. The molecule has 0 fully saturated rings. The average Bonchev–Trinajstić information content (AvgIpc) is 3.20. The van der Waals surface area contributed by atoms with Crippen molar-refractivity contribution in [2.75, 3.05) is 5.32 Å². The molecule has 0 spiro atoms. The van der Waals surface area contributed by atoms with Crippen molar-refractivity contribution in [3.63, 3.8) is 0 Å². The highest BCUT2D eigenvalue weighted by Gasteiger charge is 2.12. The second-order valence-corrected chi connectivity index (χ2v) is 7.72. The minimum atomic E-state index is -0.366. The Morgan fingerprint density at radius 1 is 1.13 bits per heavy atom. The van der Waals surface area contributed by atoms with Crippen molar-refractivity contribution in [3.05, 3.63) is 81.7 Å². The zero-order chi connectivity index (χ0) is 21.1. The van der Waals surface area contributed by atoms with E-state index in [9.17, 15) is 9.59 Å². The van der Waals surface area contributed by atoms with Crippen molar-refractivity contribution in [1.82, 2.24) is 19.7 Å². The van der Waals surface area contributed by atoms with Gasteiger partial charge in [-0.2, -0.15) is 5.10 Å². The van der Waals surface area contributed by atoms with E-state index < -0.39 is 0 Å². The number of rotatable bonds is 5. The highest BCUT2D eigenvalue weighted by Crippen LogP contribution is 2.24. The summed E-state index contributed by atoms with van der Waals surface area (Å²) in [4.78, 5) is 33.2. The van der Waals surface area contributed by atoms with Gasteiger partial charge in [-0.3, -0.25) is 14.6 Å². The second-order valence-electron chi connectivity index (χ2n) is 6.86. The number of carbonyl (C=O) groups excluding carboxylic acids is 1. The maximum Gasteiger partial charge on any atom is 0.267 e. The fourth-order valence-electron chi connectivity index (χ4n) is 2.99. The SMILES string of the molecule is Cc1ccc(C)c(-c2ccc(=O)n(CC(=O)Nc3nc(-c4cccnc4)cs3)n2)c1. The number of anilines is 1. The molecule has 150 valence electrons. The number of amides is 1. The topological polar surface area (TPSA) is 89.8 Å². The predicted octanol–water partition coefficient (Wildman–Crippen LogP) is 3.68. The second kappa shape index (κ2) is 8.38. The van der Waals surface area contributed by atoms with Gasteiger partial charge in [0.2, 0.25) is 5.91 Å². The molecule has 0 aliphatic heterocycles. The minimum Gasteiger partial charge on any atom is -0.300 e. The van der Waals surface area contributed by atoms with Gasteiger partial charge in [-0.15, -0.1) is 11.3 Å². The first-order valence-electron chi connectivity index (χ1n) is 9.31. The lowest BCUT2D eigenvalue weighted by molar-refractivity contribution is -0.117. The monoisotopic (exact) mass is 417 g/mol. The van der Waals surface area contributed by atoms with Gasteiger partial charge in [0.15, 0.2) is 5.13 Å². The summed E-state index contributed by atoms with van der Waals surface area (Å²) >= 11 is 1.31. The number of benzene rings is 1. The Morgan fingerprint density at radius 2 is 2.00 bits per heavy atom. The van der Waals surface area contributed by atoms with Gasteiger partial charge in [0.1, 0.15) is 6.54 Å². The highest BCUT2D eigenvalue weighted by atomic mass is 32.1. The van der Waals surface area contributed by atoms with Crippen molar-refractivity contribution in [1.29, 1.82) is 0 Å². The standard InChI is InChI=1S/C22H19N5O2S/c1-14-5-6-15(2)17(10-14)18-7-8-21(29)27(26-18)12-20(28)25-22-24-19(13-30-22)16-4-3-9-23-11-16/h3-11,13H,12H2,1-2H3,(H,24,25,28).